The highest BCUT2D eigenvalue weighted by Gasteiger charge is 2.34. The largest absolute Gasteiger partial charge is 0.301 e. The van der Waals surface area contributed by atoms with Crippen LogP contribution in [0.4, 0.5) is 0 Å². The first-order valence-corrected chi connectivity index (χ1v) is 10.6. The summed E-state index contributed by atoms with van der Waals surface area (Å²) < 4.78 is 0. The van der Waals surface area contributed by atoms with Crippen LogP contribution in [0.2, 0.25) is 0 Å². The highest BCUT2D eigenvalue weighted by molar-refractivity contribution is 4.87. The summed E-state index contributed by atoms with van der Waals surface area (Å²) in [5.74, 6) is 3.23. The van der Waals surface area contributed by atoms with Crippen LogP contribution in [0.1, 0.15) is 96.8 Å². The summed E-state index contributed by atoms with van der Waals surface area (Å²) in [7, 11) is 0. The van der Waals surface area contributed by atoms with Crippen molar-refractivity contribution in [2.75, 3.05) is 13.1 Å². The van der Waals surface area contributed by atoms with Gasteiger partial charge in [0.15, 0.2) is 0 Å². The second-order valence-electron chi connectivity index (χ2n) is 8.47. The van der Waals surface area contributed by atoms with Crippen molar-refractivity contribution >= 4 is 0 Å². The lowest BCUT2D eigenvalue weighted by atomic mass is 9.67. The Balaban J connectivity index is 1.66. The van der Waals surface area contributed by atoms with E-state index in [4.69, 9.17) is 0 Å². The maximum absolute atomic E-state index is 2.82. The number of likely N-dealkylation sites (tertiary alicyclic amines) is 1. The summed E-state index contributed by atoms with van der Waals surface area (Å²) >= 11 is 0. The van der Waals surface area contributed by atoms with Crippen molar-refractivity contribution in [1.82, 2.24) is 4.90 Å². The Morgan fingerprint density at radius 1 is 0.727 bits per heavy atom. The molecule has 0 aromatic carbocycles. The number of rotatable bonds is 5. The van der Waals surface area contributed by atoms with Gasteiger partial charge in [-0.05, 0) is 50.1 Å². The van der Waals surface area contributed by atoms with E-state index in [1.165, 1.54) is 70.9 Å². The van der Waals surface area contributed by atoms with E-state index in [1.807, 2.05) is 0 Å². The summed E-state index contributed by atoms with van der Waals surface area (Å²) in [6, 6.07) is 0.924. The average Bonchev–Trinajstić information content (AvgIpc) is 2.61. The van der Waals surface area contributed by atoms with Crippen molar-refractivity contribution in [2.24, 2.45) is 17.8 Å². The molecule has 1 saturated heterocycles. The molecule has 128 valence electrons. The third-order valence-corrected chi connectivity index (χ3v) is 7.21. The number of hydrogen-bond acceptors (Lipinski definition) is 1. The van der Waals surface area contributed by atoms with Crippen molar-refractivity contribution in [3.63, 3.8) is 0 Å². The van der Waals surface area contributed by atoms with Gasteiger partial charge in [0.1, 0.15) is 0 Å². The second kappa shape index (κ2) is 8.71. The average molecular weight is 306 g/mol. The summed E-state index contributed by atoms with van der Waals surface area (Å²) in [5, 5.41) is 0. The quantitative estimate of drug-likeness (QED) is 0.599. The SMILES string of the molecule is CCN1CCCCC1CC(C1CCCCC1)C1CCCCC1. The molecule has 0 aromatic rings. The minimum Gasteiger partial charge on any atom is -0.301 e. The molecular weight excluding hydrogens is 266 g/mol. The molecule has 1 unspecified atom stereocenters. The van der Waals surface area contributed by atoms with Gasteiger partial charge in [0, 0.05) is 6.04 Å². The van der Waals surface area contributed by atoms with E-state index in [0.29, 0.717) is 0 Å². The molecule has 1 heterocycles. The lowest BCUT2D eigenvalue weighted by Gasteiger charge is -2.43. The fourth-order valence-electron chi connectivity index (χ4n) is 5.95. The van der Waals surface area contributed by atoms with Gasteiger partial charge in [-0.1, -0.05) is 77.6 Å². The fraction of sp³-hybridized carbons (Fsp3) is 1.00. The highest BCUT2D eigenvalue weighted by atomic mass is 15.2. The van der Waals surface area contributed by atoms with Crippen LogP contribution < -0.4 is 0 Å². The van der Waals surface area contributed by atoms with E-state index in [1.54, 1.807) is 32.1 Å². The Bertz CT molecular complexity index is 279. The van der Waals surface area contributed by atoms with E-state index in [-0.39, 0.29) is 0 Å². The molecule has 3 rings (SSSR count). The van der Waals surface area contributed by atoms with Gasteiger partial charge in [0.05, 0.1) is 0 Å². The standard InChI is InChI=1S/C21H39N/c1-2-22-16-10-9-15-20(22)17-21(18-11-5-3-6-12-18)19-13-7-4-8-14-19/h18-21H,2-17H2,1H3. The Morgan fingerprint density at radius 3 is 1.82 bits per heavy atom. The minimum absolute atomic E-state index is 0.924. The van der Waals surface area contributed by atoms with Gasteiger partial charge in [0.25, 0.3) is 0 Å². The molecule has 0 amide bonds. The Labute approximate surface area is 139 Å². The zero-order valence-electron chi connectivity index (χ0n) is 15.1. The van der Waals surface area contributed by atoms with Crippen LogP contribution in [0.3, 0.4) is 0 Å². The van der Waals surface area contributed by atoms with Crippen LogP contribution in [0.15, 0.2) is 0 Å². The van der Waals surface area contributed by atoms with Crippen molar-refractivity contribution < 1.29 is 0 Å². The fourth-order valence-corrected chi connectivity index (χ4v) is 5.95. The van der Waals surface area contributed by atoms with E-state index < -0.39 is 0 Å². The van der Waals surface area contributed by atoms with E-state index in [0.717, 1.165) is 23.8 Å². The van der Waals surface area contributed by atoms with Gasteiger partial charge in [-0.2, -0.15) is 0 Å². The lowest BCUT2D eigenvalue weighted by Crippen LogP contribution is -2.42. The number of piperidine rings is 1. The Hall–Kier alpha value is -0.0400. The smallest absolute Gasteiger partial charge is 0.00979 e. The van der Waals surface area contributed by atoms with Crippen LogP contribution in [0, 0.1) is 17.8 Å². The molecule has 0 spiro atoms. The molecule has 2 aliphatic carbocycles. The van der Waals surface area contributed by atoms with Crippen LogP contribution in [0.25, 0.3) is 0 Å². The molecule has 1 atom stereocenters. The molecule has 0 bridgehead atoms. The summed E-state index contributed by atoms with van der Waals surface area (Å²) in [5.41, 5.74) is 0. The number of hydrogen-bond donors (Lipinski definition) is 0. The molecule has 1 aliphatic heterocycles. The molecular formula is C21H39N. The molecule has 1 heteroatoms. The first-order valence-electron chi connectivity index (χ1n) is 10.6. The van der Waals surface area contributed by atoms with Crippen molar-refractivity contribution in [2.45, 2.75) is 103 Å². The Kier molecular flexibility index (Phi) is 6.65. The van der Waals surface area contributed by atoms with Crippen LogP contribution in [-0.2, 0) is 0 Å². The van der Waals surface area contributed by atoms with Crippen LogP contribution in [0.5, 0.6) is 0 Å². The van der Waals surface area contributed by atoms with Crippen LogP contribution in [-0.4, -0.2) is 24.0 Å². The molecule has 22 heavy (non-hydrogen) atoms. The summed E-state index contributed by atoms with van der Waals surface area (Å²) in [4.78, 5) is 2.82. The summed E-state index contributed by atoms with van der Waals surface area (Å²) in [6.07, 6.45) is 21.3. The van der Waals surface area contributed by atoms with Gasteiger partial charge < -0.3 is 4.90 Å². The highest BCUT2D eigenvalue weighted by Crippen LogP contribution is 2.43. The molecule has 0 N–H and O–H groups in total. The summed E-state index contributed by atoms with van der Waals surface area (Å²) in [6.45, 7) is 5.05. The van der Waals surface area contributed by atoms with Crippen molar-refractivity contribution in [1.29, 1.82) is 0 Å². The molecule has 2 saturated carbocycles. The normalized spacial score (nSPS) is 30.0. The predicted molar refractivity (Wildman–Crippen MR) is 96.1 cm³/mol. The van der Waals surface area contributed by atoms with E-state index in [9.17, 15) is 0 Å². The van der Waals surface area contributed by atoms with Crippen molar-refractivity contribution in [3.8, 4) is 0 Å². The van der Waals surface area contributed by atoms with Gasteiger partial charge in [-0.25, -0.2) is 0 Å². The predicted octanol–water partition coefficient (Wildman–Crippen LogP) is 6.03. The van der Waals surface area contributed by atoms with E-state index in [2.05, 4.69) is 11.8 Å². The van der Waals surface area contributed by atoms with Crippen molar-refractivity contribution in [3.05, 3.63) is 0 Å². The third-order valence-electron chi connectivity index (χ3n) is 7.21. The topological polar surface area (TPSA) is 3.24 Å². The van der Waals surface area contributed by atoms with Gasteiger partial charge in [-0.15, -0.1) is 0 Å². The monoisotopic (exact) mass is 305 g/mol. The van der Waals surface area contributed by atoms with Gasteiger partial charge in [0.2, 0.25) is 0 Å². The molecule has 0 radical (unpaired) electrons. The zero-order chi connectivity index (χ0) is 15.2. The second-order valence-corrected chi connectivity index (χ2v) is 8.47. The van der Waals surface area contributed by atoms with Crippen LogP contribution >= 0.6 is 0 Å². The van der Waals surface area contributed by atoms with Gasteiger partial charge >= 0.3 is 0 Å². The van der Waals surface area contributed by atoms with E-state index >= 15 is 0 Å². The molecule has 0 aromatic heterocycles. The molecule has 3 fully saturated rings. The zero-order valence-corrected chi connectivity index (χ0v) is 15.1. The first-order chi connectivity index (χ1) is 10.9. The van der Waals surface area contributed by atoms with Gasteiger partial charge in [-0.3, -0.25) is 0 Å². The Morgan fingerprint density at radius 2 is 1.27 bits per heavy atom. The molecule has 1 nitrogen and oxygen atoms in total. The third kappa shape index (κ3) is 4.28. The first kappa shape index (κ1) is 16.8. The lowest BCUT2D eigenvalue weighted by molar-refractivity contribution is 0.0711. The molecule has 3 aliphatic rings. The maximum Gasteiger partial charge on any atom is 0.00979 e. The maximum atomic E-state index is 2.82. The number of nitrogens with zero attached hydrogens (tertiary/aromatic N) is 1. The minimum atomic E-state index is 0.924.